The minimum atomic E-state index is 0.304. The molecule has 0 aliphatic carbocycles. The predicted molar refractivity (Wildman–Crippen MR) is 89.4 cm³/mol. The number of nitrogens with one attached hydrogen (secondary N) is 1. The van der Waals surface area contributed by atoms with Gasteiger partial charge in [0.15, 0.2) is 0 Å². The molecular weight excluding hydrogens is 260 g/mol. The molecule has 0 bridgehead atoms. The van der Waals surface area contributed by atoms with Crippen LogP contribution in [0.25, 0.3) is 0 Å². The molecule has 3 nitrogen and oxygen atoms in total. The van der Waals surface area contributed by atoms with E-state index in [1.807, 2.05) is 45.4 Å². The molecule has 1 atom stereocenters. The molecule has 0 aromatic heterocycles. The lowest BCUT2D eigenvalue weighted by atomic mass is 10.0. The number of nitrogens with zero attached hydrogens (tertiary/aromatic N) is 1. The van der Waals surface area contributed by atoms with Gasteiger partial charge < -0.3 is 15.0 Å². The van der Waals surface area contributed by atoms with Gasteiger partial charge in [-0.15, -0.1) is 0 Å². The highest BCUT2D eigenvalue weighted by molar-refractivity contribution is 5.51. The smallest absolute Gasteiger partial charge is 0.132 e. The van der Waals surface area contributed by atoms with Crippen LogP contribution in [0.15, 0.2) is 48.5 Å². The number of hydrogen-bond donors (Lipinski definition) is 1. The van der Waals surface area contributed by atoms with Crippen molar-refractivity contribution in [3.05, 3.63) is 54.1 Å². The van der Waals surface area contributed by atoms with Gasteiger partial charge in [0.05, 0.1) is 0 Å². The number of benzene rings is 2. The molecule has 0 saturated heterocycles. The van der Waals surface area contributed by atoms with E-state index in [0.717, 1.165) is 23.6 Å². The van der Waals surface area contributed by atoms with Gasteiger partial charge in [-0.1, -0.05) is 31.2 Å². The fourth-order valence-electron chi connectivity index (χ4n) is 2.39. The van der Waals surface area contributed by atoms with Crippen LogP contribution in [0.5, 0.6) is 11.5 Å². The zero-order chi connectivity index (χ0) is 15.2. The van der Waals surface area contributed by atoms with Crippen LogP contribution >= 0.6 is 0 Å². The van der Waals surface area contributed by atoms with Gasteiger partial charge in [0.1, 0.15) is 11.5 Å². The van der Waals surface area contributed by atoms with Crippen molar-refractivity contribution < 1.29 is 4.74 Å². The maximum absolute atomic E-state index is 6.12. The Morgan fingerprint density at radius 2 is 1.86 bits per heavy atom. The first-order chi connectivity index (χ1) is 10.2. The molecule has 0 aliphatic rings. The minimum absolute atomic E-state index is 0.304. The molecule has 0 spiro atoms. The topological polar surface area (TPSA) is 24.5 Å². The first kappa shape index (κ1) is 15.4. The summed E-state index contributed by atoms with van der Waals surface area (Å²) in [5, 5.41) is 3.34. The molecular formula is C18H24N2O. The van der Waals surface area contributed by atoms with Gasteiger partial charge >= 0.3 is 0 Å². The number of ether oxygens (including phenoxy) is 1. The third-order valence-electron chi connectivity index (χ3n) is 3.61. The van der Waals surface area contributed by atoms with E-state index in [4.69, 9.17) is 4.74 Å². The van der Waals surface area contributed by atoms with Crippen molar-refractivity contribution in [2.75, 3.05) is 26.0 Å². The lowest BCUT2D eigenvalue weighted by Gasteiger charge is -2.19. The van der Waals surface area contributed by atoms with Crippen molar-refractivity contribution in [3.63, 3.8) is 0 Å². The lowest BCUT2D eigenvalue weighted by Crippen LogP contribution is -2.15. The number of hydrogen-bond acceptors (Lipinski definition) is 3. The molecule has 2 rings (SSSR count). The average Bonchev–Trinajstić information content (AvgIpc) is 2.50. The van der Waals surface area contributed by atoms with E-state index in [0.29, 0.717) is 6.04 Å². The van der Waals surface area contributed by atoms with Crippen molar-refractivity contribution in [2.45, 2.75) is 19.4 Å². The molecule has 0 saturated carbocycles. The van der Waals surface area contributed by atoms with Crippen LogP contribution in [0, 0.1) is 0 Å². The summed E-state index contributed by atoms with van der Waals surface area (Å²) in [6.07, 6.45) is 1.02. The normalized spacial score (nSPS) is 12.0. The van der Waals surface area contributed by atoms with E-state index in [1.165, 1.54) is 5.56 Å². The fraction of sp³-hybridized carbons (Fsp3) is 0.333. The Hall–Kier alpha value is -2.00. The number of anilines is 1. The number of rotatable bonds is 6. The van der Waals surface area contributed by atoms with Gasteiger partial charge in [0.2, 0.25) is 0 Å². The summed E-state index contributed by atoms with van der Waals surface area (Å²) in [5.74, 6) is 1.77. The van der Waals surface area contributed by atoms with Gasteiger partial charge in [-0.25, -0.2) is 0 Å². The fourth-order valence-corrected chi connectivity index (χ4v) is 2.39. The maximum Gasteiger partial charge on any atom is 0.132 e. The van der Waals surface area contributed by atoms with Crippen LogP contribution in [0.1, 0.15) is 24.9 Å². The van der Waals surface area contributed by atoms with Crippen molar-refractivity contribution in [3.8, 4) is 11.5 Å². The van der Waals surface area contributed by atoms with Crippen LogP contribution < -0.4 is 15.0 Å². The summed E-state index contributed by atoms with van der Waals surface area (Å²) >= 11 is 0. The van der Waals surface area contributed by atoms with E-state index < -0.39 is 0 Å². The van der Waals surface area contributed by atoms with Crippen LogP contribution in [-0.2, 0) is 0 Å². The molecule has 2 aromatic carbocycles. The van der Waals surface area contributed by atoms with Gasteiger partial charge in [-0.05, 0) is 31.7 Å². The predicted octanol–water partition coefficient (Wildman–Crippen LogP) is 4.22. The molecule has 1 N–H and O–H groups in total. The van der Waals surface area contributed by atoms with Crippen LogP contribution in [-0.4, -0.2) is 21.1 Å². The molecule has 0 heterocycles. The Balaban J connectivity index is 2.29. The Bertz CT molecular complexity index is 577. The second-order valence-corrected chi connectivity index (χ2v) is 5.28. The van der Waals surface area contributed by atoms with Gasteiger partial charge in [-0.2, -0.15) is 0 Å². The Kier molecular flexibility index (Phi) is 5.23. The summed E-state index contributed by atoms with van der Waals surface area (Å²) < 4.78 is 6.12. The molecule has 0 aliphatic heterocycles. The Morgan fingerprint density at radius 3 is 2.52 bits per heavy atom. The third kappa shape index (κ3) is 3.76. The lowest BCUT2D eigenvalue weighted by molar-refractivity contribution is 0.459. The monoisotopic (exact) mass is 284 g/mol. The summed E-state index contributed by atoms with van der Waals surface area (Å²) in [6.45, 7) is 2.17. The highest BCUT2D eigenvalue weighted by Crippen LogP contribution is 2.32. The standard InChI is InChI=1S/C18H24N2O/c1-5-17(19-2)16-11-6-7-12-18(16)21-15-10-8-9-14(13-15)20(3)4/h6-13,17,19H,5H2,1-4H3. The second kappa shape index (κ2) is 7.14. The molecule has 2 aromatic rings. The molecule has 0 radical (unpaired) electrons. The summed E-state index contributed by atoms with van der Waals surface area (Å²) in [6, 6.07) is 16.6. The third-order valence-corrected chi connectivity index (χ3v) is 3.61. The largest absolute Gasteiger partial charge is 0.457 e. The van der Waals surface area contributed by atoms with Gasteiger partial charge in [0, 0.05) is 37.5 Å². The van der Waals surface area contributed by atoms with Crippen molar-refractivity contribution >= 4 is 5.69 Å². The highest BCUT2D eigenvalue weighted by atomic mass is 16.5. The van der Waals surface area contributed by atoms with E-state index in [1.54, 1.807) is 0 Å². The zero-order valence-corrected chi connectivity index (χ0v) is 13.3. The molecule has 0 fully saturated rings. The van der Waals surface area contributed by atoms with E-state index in [-0.39, 0.29) is 0 Å². The van der Waals surface area contributed by atoms with Crippen molar-refractivity contribution in [1.82, 2.24) is 5.32 Å². The Labute approximate surface area is 127 Å². The van der Waals surface area contributed by atoms with E-state index in [2.05, 4.69) is 41.4 Å². The van der Waals surface area contributed by atoms with Gasteiger partial charge in [-0.3, -0.25) is 0 Å². The van der Waals surface area contributed by atoms with Crippen LogP contribution in [0.3, 0.4) is 0 Å². The maximum atomic E-state index is 6.12. The van der Waals surface area contributed by atoms with E-state index >= 15 is 0 Å². The average molecular weight is 284 g/mol. The second-order valence-electron chi connectivity index (χ2n) is 5.28. The van der Waals surface area contributed by atoms with Crippen LogP contribution in [0.2, 0.25) is 0 Å². The quantitative estimate of drug-likeness (QED) is 0.859. The molecule has 3 heteroatoms. The Morgan fingerprint density at radius 1 is 1.10 bits per heavy atom. The first-order valence-corrected chi connectivity index (χ1v) is 7.37. The SMILES string of the molecule is CCC(NC)c1ccccc1Oc1cccc(N(C)C)c1. The molecule has 1 unspecified atom stereocenters. The van der Waals surface area contributed by atoms with Crippen molar-refractivity contribution in [2.24, 2.45) is 0 Å². The summed E-state index contributed by atoms with van der Waals surface area (Å²) in [7, 11) is 6.04. The minimum Gasteiger partial charge on any atom is -0.457 e. The zero-order valence-electron chi connectivity index (χ0n) is 13.3. The molecule has 0 amide bonds. The summed E-state index contributed by atoms with van der Waals surface area (Å²) in [4.78, 5) is 2.07. The highest BCUT2D eigenvalue weighted by Gasteiger charge is 2.13. The van der Waals surface area contributed by atoms with Crippen molar-refractivity contribution in [1.29, 1.82) is 0 Å². The van der Waals surface area contributed by atoms with E-state index in [9.17, 15) is 0 Å². The van der Waals surface area contributed by atoms with Crippen LogP contribution in [0.4, 0.5) is 5.69 Å². The summed E-state index contributed by atoms with van der Waals surface area (Å²) in [5.41, 5.74) is 2.32. The first-order valence-electron chi connectivity index (χ1n) is 7.37. The molecule has 112 valence electrons. The molecule has 21 heavy (non-hydrogen) atoms. The van der Waals surface area contributed by atoms with Gasteiger partial charge in [0.25, 0.3) is 0 Å². The number of para-hydroxylation sites is 1.